The molecule has 0 fully saturated rings. The Morgan fingerprint density at radius 1 is 1.07 bits per heavy atom. The highest BCUT2D eigenvalue weighted by molar-refractivity contribution is 6.07. The number of benzene rings is 3. The van der Waals surface area contributed by atoms with Gasteiger partial charge >= 0.3 is 0 Å². The summed E-state index contributed by atoms with van der Waals surface area (Å²) in [5.74, 6) is 1.18. The highest BCUT2D eigenvalue weighted by Crippen LogP contribution is 2.35. The molecule has 228 valence electrons. The molecule has 2 amide bonds. The van der Waals surface area contributed by atoms with Crippen LogP contribution in [0.2, 0.25) is 0 Å². The number of amides is 2. The smallest absolute Gasteiger partial charge is 0.258 e. The van der Waals surface area contributed by atoms with Crippen LogP contribution in [0, 0.1) is 5.92 Å². The predicted octanol–water partition coefficient (Wildman–Crippen LogP) is 5.48. The number of hydrogen-bond acceptors (Lipinski definition) is 7. The number of aromatic nitrogens is 1. The summed E-state index contributed by atoms with van der Waals surface area (Å²) >= 11 is 0. The summed E-state index contributed by atoms with van der Waals surface area (Å²) in [5.41, 5.74) is 2.26. The zero-order chi connectivity index (χ0) is 31.1. The van der Waals surface area contributed by atoms with E-state index in [1.54, 1.807) is 47.6 Å². The predicted molar refractivity (Wildman–Crippen MR) is 169 cm³/mol. The summed E-state index contributed by atoms with van der Waals surface area (Å²) in [6.07, 6.45) is 2.77. The van der Waals surface area contributed by atoms with E-state index in [1.165, 1.54) is 0 Å². The third kappa shape index (κ3) is 7.42. The number of ether oxygens (including phenoxy) is 2. The number of nitrogens with zero attached hydrogens (tertiary/aromatic N) is 3. The summed E-state index contributed by atoms with van der Waals surface area (Å²) in [6.45, 7) is 5.30. The molecule has 3 atom stereocenters. The van der Waals surface area contributed by atoms with Crippen molar-refractivity contribution in [3.63, 3.8) is 0 Å². The van der Waals surface area contributed by atoms with E-state index in [0.29, 0.717) is 42.2 Å². The van der Waals surface area contributed by atoms with Gasteiger partial charge in [-0.3, -0.25) is 19.5 Å². The molecule has 0 bridgehead atoms. The van der Waals surface area contributed by atoms with Crippen LogP contribution < -0.4 is 14.8 Å². The molecule has 9 nitrogen and oxygen atoms in total. The number of aliphatic hydroxyl groups is 1. The molecular weight excluding hydrogens is 556 g/mol. The Hall–Kier alpha value is -4.73. The number of likely N-dealkylation sites (N-methyl/N-ethyl adjacent to an activating group) is 1. The lowest BCUT2D eigenvalue weighted by molar-refractivity contribution is 0.0343. The van der Waals surface area contributed by atoms with Crippen LogP contribution in [0.5, 0.6) is 17.2 Å². The van der Waals surface area contributed by atoms with E-state index in [0.717, 1.165) is 17.1 Å². The van der Waals surface area contributed by atoms with Gasteiger partial charge in [0.1, 0.15) is 17.6 Å². The Morgan fingerprint density at radius 3 is 2.55 bits per heavy atom. The number of carbonyl (C=O) groups is 2. The Labute approximate surface area is 258 Å². The number of hydrogen-bond donors (Lipinski definition) is 2. The molecule has 5 rings (SSSR count). The van der Waals surface area contributed by atoms with Gasteiger partial charge in [0.25, 0.3) is 11.8 Å². The second-order valence-corrected chi connectivity index (χ2v) is 11.3. The number of carbonyl (C=O) groups excluding carboxylic acids is 2. The fraction of sp³-hybridized carbons (Fsp3) is 0.286. The number of anilines is 1. The zero-order valence-corrected chi connectivity index (χ0v) is 25.2. The van der Waals surface area contributed by atoms with Crippen molar-refractivity contribution in [3.05, 3.63) is 114 Å². The van der Waals surface area contributed by atoms with Crippen molar-refractivity contribution in [2.75, 3.05) is 32.1 Å². The lowest BCUT2D eigenvalue weighted by Gasteiger charge is -2.38. The molecule has 9 heteroatoms. The standard InChI is InChI=1S/C35H38N4O5/c1-24-20-39(25(2)23-40)35(42)30-13-8-14-31(37-34(41)27-15-17-36-18-16-27)33(30)44-32(24)22-38(3)21-26-9-7-12-29(19-26)43-28-10-5-4-6-11-28/h4-19,24-25,32,40H,20-23H2,1-3H3,(H,37,41)/t24-,25+,32+/m1/s1. The highest BCUT2D eigenvalue weighted by Gasteiger charge is 2.34. The maximum atomic E-state index is 13.8. The Bertz CT molecular complexity index is 1570. The quantitative estimate of drug-likeness (QED) is 0.251. The first kappa shape index (κ1) is 30.7. The largest absolute Gasteiger partial charge is 0.486 e. The molecule has 44 heavy (non-hydrogen) atoms. The molecule has 1 aliphatic heterocycles. The lowest BCUT2D eigenvalue weighted by atomic mass is 9.98. The molecule has 0 radical (unpaired) electrons. The van der Waals surface area contributed by atoms with Crippen molar-refractivity contribution < 1.29 is 24.2 Å². The van der Waals surface area contributed by atoms with Gasteiger partial charge in [0, 0.05) is 43.5 Å². The SMILES string of the molecule is C[C@@H]1CN([C@@H](C)CO)C(=O)c2cccc(NC(=O)c3ccncc3)c2O[C@H]1CN(C)Cc1cccc(Oc2ccccc2)c1. The summed E-state index contributed by atoms with van der Waals surface area (Å²) in [7, 11) is 2.02. The Balaban J connectivity index is 1.39. The Morgan fingerprint density at radius 2 is 1.80 bits per heavy atom. The van der Waals surface area contributed by atoms with Crippen molar-refractivity contribution in [3.8, 4) is 17.2 Å². The summed E-state index contributed by atoms with van der Waals surface area (Å²) in [6, 6.07) is 25.7. The number of aliphatic hydroxyl groups excluding tert-OH is 1. The summed E-state index contributed by atoms with van der Waals surface area (Å²) in [5, 5.41) is 12.9. The summed E-state index contributed by atoms with van der Waals surface area (Å²) < 4.78 is 12.7. The van der Waals surface area contributed by atoms with Gasteiger partial charge in [0.15, 0.2) is 5.75 Å². The van der Waals surface area contributed by atoms with E-state index in [9.17, 15) is 14.7 Å². The molecule has 1 aliphatic rings. The van der Waals surface area contributed by atoms with Crippen LogP contribution in [0.3, 0.4) is 0 Å². The molecular formula is C35H38N4O5. The van der Waals surface area contributed by atoms with Gasteiger partial charge < -0.3 is 24.8 Å². The van der Waals surface area contributed by atoms with Gasteiger partial charge in [-0.1, -0.05) is 43.3 Å². The molecule has 2 N–H and O–H groups in total. The molecule has 0 saturated carbocycles. The molecule has 2 heterocycles. The van der Waals surface area contributed by atoms with E-state index in [4.69, 9.17) is 9.47 Å². The average molecular weight is 595 g/mol. The number of rotatable bonds is 10. The lowest BCUT2D eigenvalue weighted by Crippen LogP contribution is -2.49. The van der Waals surface area contributed by atoms with Crippen LogP contribution in [-0.2, 0) is 6.54 Å². The Kier molecular flexibility index (Phi) is 9.89. The van der Waals surface area contributed by atoms with Crippen molar-refractivity contribution in [1.82, 2.24) is 14.8 Å². The van der Waals surface area contributed by atoms with Gasteiger partial charge in [-0.2, -0.15) is 0 Å². The minimum Gasteiger partial charge on any atom is -0.486 e. The van der Waals surface area contributed by atoms with Crippen LogP contribution in [0.1, 0.15) is 40.1 Å². The van der Waals surface area contributed by atoms with E-state index in [2.05, 4.69) is 21.3 Å². The van der Waals surface area contributed by atoms with Crippen LogP contribution in [-0.4, -0.2) is 70.6 Å². The van der Waals surface area contributed by atoms with Crippen molar-refractivity contribution in [1.29, 1.82) is 0 Å². The third-order valence-electron chi connectivity index (χ3n) is 7.70. The second kappa shape index (κ2) is 14.2. The molecule has 1 aromatic heterocycles. The van der Waals surface area contributed by atoms with E-state index < -0.39 is 6.04 Å². The van der Waals surface area contributed by atoms with Crippen LogP contribution in [0.15, 0.2) is 97.3 Å². The molecule has 0 saturated heterocycles. The van der Waals surface area contributed by atoms with E-state index in [-0.39, 0.29) is 30.4 Å². The van der Waals surface area contributed by atoms with Crippen LogP contribution in [0.25, 0.3) is 0 Å². The molecule has 3 aromatic carbocycles. The average Bonchev–Trinajstić information content (AvgIpc) is 3.03. The van der Waals surface area contributed by atoms with Crippen LogP contribution >= 0.6 is 0 Å². The summed E-state index contributed by atoms with van der Waals surface area (Å²) in [4.78, 5) is 34.7. The second-order valence-electron chi connectivity index (χ2n) is 11.3. The van der Waals surface area contributed by atoms with E-state index in [1.807, 2.05) is 69.4 Å². The monoisotopic (exact) mass is 594 g/mol. The molecule has 0 spiro atoms. The van der Waals surface area contributed by atoms with Gasteiger partial charge in [-0.25, -0.2) is 0 Å². The van der Waals surface area contributed by atoms with E-state index >= 15 is 0 Å². The van der Waals surface area contributed by atoms with Gasteiger partial charge in [-0.15, -0.1) is 0 Å². The molecule has 4 aromatic rings. The number of fused-ring (bicyclic) bond motifs is 1. The first-order valence-electron chi connectivity index (χ1n) is 14.8. The van der Waals surface area contributed by atoms with Gasteiger partial charge in [-0.05, 0) is 68.1 Å². The topological polar surface area (TPSA) is 104 Å². The minimum atomic E-state index is -0.392. The van der Waals surface area contributed by atoms with Crippen molar-refractivity contribution >= 4 is 17.5 Å². The zero-order valence-electron chi connectivity index (χ0n) is 25.2. The van der Waals surface area contributed by atoms with Crippen molar-refractivity contribution in [2.24, 2.45) is 5.92 Å². The minimum absolute atomic E-state index is 0.0831. The maximum Gasteiger partial charge on any atom is 0.258 e. The van der Waals surface area contributed by atoms with Gasteiger partial charge in [0.2, 0.25) is 0 Å². The number of para-hydroxylation sites is 2. The van der Waals surface area contributed by atoms with Gasteiger partial charge in [0.05, 0.1) is 23.9 Å². The molecule has 0 aliphatic carbocycles. The fourth-order valence-electron chi connectivity index (χ4n) is 5.27. The number of pyridine rings is 1. The fourth-order valence-corrected chi connectivity index (χ4v) is 5.27. The maximum absolute atomic E-state index is 13.8. The first-order chi connectivity index (χ1) is 21.3. The number of nitrogens with one attached hydrogen (secondary N) is 1. The van der Waals surface area contributed by atoms with Crippen molar-refractivity contribution in [2.45, 2.75) is 32.5 Å². The van der Waals surface area contributed by atoms with Crippen LogP contribution in [0.4, 0.5) is 5.69 Å². The first-order valence-corrected chi connectivity index (χ1v) is 14.8. The normalized spacial score (nSPS) is 17.2. The highest BCUT2D eigenvalue weighted by atomic mass is 16.5. The molecule has 0 unspecified atom stereocenters. The third-order valence-corrected chi connectivity index (χ3v) is 7.70.